The molecule has 0 aromatic heterocycles. The maximum absolute atomic E-state index is 12.4. The van der Waals surface area contributed by atoms with Crippen molar-refractivity contribution in [3.8, 4) is 0 Å². The number of carbonyl (C=O) groups excluding carboxylic acids is 2. The van der Waals surface area contributed by atoms with E-state index in [4.69, 9.17) is 9.84 Å². The highest BCUT2D eigenvalue weighted by atomic mass is 33.1. The number of hydrogen-bond acceptors (Lipinski definition) is 6. The van der Waals surface area contributed by atoms with Gasteiger partial charge in [-0.05, 0) is 38.3 Å². The Morgan fingerprint density at radius 3 is 2.33 bits per heavy atom. The van der Waals surface area contributed by atoms with Crippen molar-refractivity contribution < 1.29 is 24.2 Å². The zero-order valence-electron chi connectivity index (χ0n) is 22.6. The van der Waals surface area contributed by atoms with Crippen LogP contribution in [0.3, 0.4) is 0 Å². The van der Waals surface area contributed by atoms with Crippen molar-refractivity contribution in [2.45, 2.75) is 95.8 Å². The highest BCUT2D eigenvalue weighted by Crippen LogP contribution is 2.38. The Morgan fingerprint density at radius 1 is 1.03 bits per heavy atom. The summed E-state index contributed by atoms with van der Waals surface area (Å²) in [5.41, 5.74) is 0.0662. The van der Waals surface area contributed by atoms with Gasteiger partial charge in [0.25, 0.3) is 0 Å². The van der Waals surface area contributed by atoms with Gasteiger partial charge in [-0.2, -0.15) is 0 Å². The minimum Gasteiger partial charge on any atom is -0.481 e. The lowest BCUT2D eigenvalue weighted by Crippen LogP contribution is -2.44. The van der Waals surface area contributed by atoms with E-state index >= 15 is 0 Å². The van der Waals surface area contributed by atoms with E-state index < -0.39 is 11.6 Å². The van der Waals surface area contributed by atoms with E-state index in [0.717, 1.165) is 29.7 Å². The first-order valence-electron chi connectivity index (χ1n) is 12.6. The van der Waals surface area contributed by atoms with Crippen LogP contribution in [-0.4, -0.2) is 53.4 Å². The first kappa shape index (κ1) is 32.3. The number of nitrogens with one attached hydrogen (secondary N) is 2. The molecule has 0 saturated carbocycles. The molecule has 36 heavy (non-hydrogen) atoms. The Kier molecular flexibility index (Phi) is 14.5. The molecule has 0 radical (unpaired) electrons. The number of rotatable bonds is 18. The molecule has 9 heteroatoms. The van der Waals surface area contributed by atoms with Crippen molar-refractivity contribution in [2.24, 2.45) is 5.41 Å². The second-order valence-electron chi connectivity index (χ2n) is 10.6. The molecule has 0 aliphatic carbocycles. The van der Waals surface area contributed by atoms with Gasteiger partial charge in [0.15, 0.2) is 0 Å². The minimum absolute atomic E-state index is 0.00313. The van der Waals surface area contributed by atoms with E-state index in [1.807, 2.05) is 38.1 Å². The summed E-state index contributed by atoms with van der Waals surface area (Å²) < 4.78 is 6.09. The Hall–Kier alpha value is -1.71. The molecule has 0 heterocycles. The number of aliphatic carboxylic acids is 1. The predicted molar refractivity (Wildman–Crippen MR) is 149 cm³/mol. The number of amides is 2. The van der Waals surface area contributed by atoms with Crippen LogP contribution in [0.2, 0.25) is 0 Å². The maximum atomic E-state index is 12.4. The zero-order chi connectivity index (χ0) is 27.2. The van der Waals surface area contributed by atoms with E-state index in [1.165, 1.54) is 0 Å². The summed E-state index contributed by atoms with van der Waals surface area (Å²) >= 11 is 0. The number of hydrogen-bond donors (Lipinski definition) is 3. The third-order valence-electron chi connectivity index (χ3n) is 5.48. The van der Waals surface area contributed by atoms with Crippen molar-refractivity contribution in [1.29, 1.82) is 0 Å². The van der Waals surface area contributed by atoms with E-state index in [2.05, 4.69) is 38.3 Å². The lowest BCUT2D eigenvalue weighted by molar-refractivity contribution is -0.136. The lowest BCUT2D eigenvalue weighted by atomic mass is 9.94. The van der Waals surface area contributed by atoms with Crippen molar-refractivity contribution in [2.75, 3.05) is 19.7 Å². The van der Waals surface area contributed by atoms with E-state index in [9.17, 15) is 14.4 Å². The summed E-state index contributed by atoms with van der Waals surface area (Å²) in [6.07, 6.45) is 3.58. The Morgan fingerprint density at radius 2 is 1.67 bits per heavy atom. The predicted octanol–water partition coefficient (Wildman–Crippen LogP) is 5.47. The van der Waals surface area contributed by atoms with Crippen LogP contribution < -0.4 is 10.6 Å². The van der Waals surface area contributed by atoms with Gasteiger partial charge in [0.1, 0.15) is 0 Å². The normalized spacial score (nSPS) is 12.7. The fourth-order valence-corrected chi connectivity index (χ4v) is 5.51. The molecule has 2 amide bonds. The van der Waals surface area contributed by atoms with Crippen LogP contribution >= 0.6 is 21.6 Å². The molecule has 0 saturated heterocycles. The summed E-state index contributed by atoms with van der Waals surface area (Å²) in [5.74, 6) is -0.785. The molecule has 1 rings (SSSR count). The maximum Gasteiger partial charge on any atom is 0.307 e. The van der Waals surface area contributed by atoms with Crippen LogP contribution in [0.1, 0.15) is 79.2 Å². The average Bonchev–Trinajstić information content (AvgIpc) is 2.82. The van der Waals surface area contributed by atoms with Gasteiger partial charge in [0.05, 0.1) is 18.6 Å². The highest BCUT2D eigenvalue weighted by Gasteiger charge is 2.26. The number of carboxylic acids is 1. The Labute approximate surface area is 224 Å². The van der Waals surface area contributed by atoms with Gasteiger partial charge in [-0.3, -0.25) is 14.4 Å². The van der Waals surface area contributed by atoms with Crippen molar-refractivity contribution >= 4 is 39.4 Å². The third kappa shape index (κ3) is 14.8. The number of carboxylic acid groups (broad SMARTS) is 1. The summed E-state index contributed by atoms with van der Waals surface area (Å²) in [4.78, 5) is 36.3. The smallest absolute Gasteiger partial charge is 0.307 e. The Bertz CT molecular complexity index is 845. The molecule has 0 aliphatic heterocycles. The molecule has 3 N–H and O–H groups in total. The fraction of sp³-hybridized carbons (Fsp3) is 0.667. The fourth-order valence-electron chi connectivity index (χ4n) is 3.07. The summed E-state index contributed by atoms with van der Waals surface area (Å²) in [6.45, 7) is 13.6. The number of benzene rings is 1. The van der Waals surface area contributed by atoms with Crippen molar-refractivity contribution in [1.82, 2.24) is 10.6 Å². The molecule has 1 unspecified atom stereocenters. The third-order valence-corrected chi connectivity index (χ3v) is 8.53. The average molecular weight is 541 g/mol. The molecular weight excluding hydrogens is 496 g/mol. The van der Waals surface area contributed by atoms with Gasteiger partial charge in [-0.1, -0.05) is 73.9 Å². The molecule has 0 spiro atoms. The molecule has 0 fully saturated rings. The molecule has 0 bridgehead atoms. The summed E-state index contributed by atoms with van der Waals surface area (Å²) in [5, 5.41) is 15.3. The zero-order valence-corrected chi connectivity index (χ0v) is 24.3. The lowest BCUT2D eigenvalue weighted by Gasteiger charge is -2.32. The van der Waals surface area contributed by atoms with Gasteiger partial charge < -0.3 is 20.5 Å². The van der Waals surface area contributed by atoms with Crippen LogP contribution in [0.4, 0.5) is 0 Å². The van der Waals surface area contributed by atoms with Crippen LogP contribution in [-0.2, 0) is 25.5 Å². The second-order valence-corrected chi connectivity index (χ2v) is 13.3. The van der Waals surface area contributed by atoms with Gasteiger partial charge in [0.2, 0.25) is 11.8 Å². The number of carbonyl (C=O) groups is 3. The second kappa shape index (κ2) is 16.2. The van der Waals surface area contributed by atoms with E-state index in [-0.39, 0.29) is 28.9 Å². The number of unbranched alkanes of at least 4 members (excludes halogenated alkanes) is 1. The Balaban J connectivity index is 2.34. The van der Waals surface area contributed by atoms with Crippen LogP contribution in [0.25, 0.3) is 0 Å². The highest BCUT2D eigenvalue weighted by molar-refractivity contribution is 8.77. The van der Waals surface area contributed by atoms with Gasteiger partial charge in [-0.25, -0.2) is 0 Å². The quantitative estimate of drug-likeness (QED) is 0.212. The molecule has 1 aromatic carbocycles. The van der Waals surface area contributed by atoms with Crippen LogP contribution in [0, 0.1) is 5.41 Å². The molecule has 204 valence electrons. The topological polar surface area (TPSA) is 105 Å². The van der Waals surface area contributed by atoms with Gasteiger partial charge in [-0.15, -0.1) is 0 Å². The van der Waals surface area contributed by atoms with Crippen molar-refractivity contribution in [3.05, 3.63) is 29.8 Å². The number of ether oxygens (including phenoxy) is 1. The van der Waals surface area contributed by atoms with Gasteiger partial charge in [0, 0.05) is 41.5 Å². The first-order chi connectivity index (χ1) is 16.8. The molecule has 1 atom stereocenters. The van der Waals surface area contributed by atoms with Crippen molar-refractivity contribution in [3.63, 3.8) is 0 Å². The monoisotopic (exact) mass is 540 g/mol. The largest absolute Gasteiger partial charge is 0.481 e. The van der Waals surface area contributed by atoms with E-state index in [0.29, 0.717) is 32.5 Å². The molecule has 0 aliphatic rings. The molecular formula is C27H44N2O5S2. The summed E-state index contributed by atoms with van der Waals surface area (Å²) in [7, 11) is 3.21. The van der Waals surface area contributed by atoms with Crippen LogP contribution in [0.15, 0.2) is 29.2 Å². The van der Waals surface area contributed by atoms with Gasteiger partial charge >= 0.3 is 5.97 Å². The summed E-state index contributed by atoms with van der Waals surface area (Å²) in [6, 6.07) is 7.52. The molecule has 1 aromatic rings. The first-order valence-corrected chi connectivity index (χ1v) is 14.9. The van der Waals surface area contributed by atoms with Crippen LogP contribution in [0.5, 0.6) is 0 Å². The minimum atomic E-state index is -0.845. The molecule has 7 nitrogen and oxygen atoms in total. The SMILES string of the molecule is CCCCC(=O)NCC(C)(C)COC(C)(C)CNC(=O)CCC(C)SSc1ccccc1CC(=O)O. The van der Waals surface area contributed by atoms with E-state index in [1.54, 1.807) is 21.6 Å². The standard InChI is InChI=1S/C27H44N2O5S2/c1-7-8-13-23(30)28-17-26(3,4)19-34-27(5,6)18-29-24(31)15-14-20(2)35-36-22-12-10-9-11-21(22)16-25(32)33/h9-12,20H,7-8,13-19H2,1-6H3,(H,28,30)(H,29,31)(H,32,33).